The Morgan fingerprint density at radius 1 is 1.27 bits per heavy atom. The van der Waals surface area contributed by atoms with Crippen molar-refractivity contribution in [3.05, 3.63) is 42.0 Å². The van der Waals surface area contributed by atoms with E-state index in [0.717, 1.165) is 15.9 Å². The van der Waals surface area contributed by atoms with Crippen molar-refractivity contribution in [2.75, 3.05) is 10.2 Å². The maximum Gasteiger partial charge on any atom is 0.327 e. The summed E-state index contributed by atoms with van der Waals surface area (Å²) in [6, 6.07) is 12.6. The first-order valence-electron chi connectivity index (χ1n) is 8.00. The molecule has 0 unspecified atom stereocenters. The van der Waals surface area contributed by atoms with Crippen LogP contribution >= 0.6 is 24.0 Å². The minimum absolute atomic E-state index is 0.0822. The summed E-state index contributed by atoms with van der Waals surface area (Å²) in [6.45, 7) is 3.86. The lowest BCUT2D eigenvalue weighted by molar-refractivity contribution is 0.255. The van der Waals surface area contributed by atoms with Crippen molar-refractivity contribution in [3.63, 3.8) is 0 Å². The minimum atomic E-state index is -0.268. The molecule has 3 rings (SSSR count). The molecule has 26 heavy (non-hydrogen) atoms. The van der Waals surface area contributed by atoms with E-state index in [1.54, 1.807) is 23.1 Å². The van der Waals surface area contributed by atoms with Crippen LogP contribution in [0.25, 0.3) is 10.3 Å². The van der Waals surface area contributed by atoms with E-state index >= 15 is 0 Å². The van der Waals surface area contributed by atoms with Crippen molar-refractivity contribution >= 4 is 51.8 Å². The number of pyridine rings is 1. The number of rotatable bonds is 4. The number of fused-ring (bicyclic) bond motifs is 1. The number of nitrogens with one attached hydrogen (secondary N) is 1. The van der Waals surface area contributed by atoms with E-state index in [2.05, 4.69) is 34.0 Å². The van der Waals surface area contributed by atoms with Crippen molar-refractivity contribution in [1.29, 1.82) is 5.26 Å². The van der Waals surface area contributed by atoms with E-state index in [4.69, 9.17) is 5.26 Å². The quantitative estimate of drug-likeness (QED) is 0.650. The standard InChI is InChI=1S/C18H17N5OS2/c1-11(2)23(15-8-7-14-16(22-15)26-18(25)21-14)17(24)20-13-5-3-12(4-6-13)9-10-19/h3-8,11H,9H2,1-2H3,(H,20,24)(H,21,25). The largest absolute Gasteiger partial charge is 0.327 e. The number of carbonyl (C=O) groups is 1. The number of anilines is 2. The molecule has 132 valence electrons. The topological polar surface area (TPSA) is 81.9 Å². The fourth-order valence-corrected chi connectivity index (χ4v) is 3.56. The molecule has 1 N–H and O–H groups in total. The van der Waals surface area contributed by atoms with Gasteiger partial charge in [0.15, 0.2) is 0 Å². The molecule has 0 aliphatic heterocycles. The first kappa shape index (κ1) is 18.2. The van der Waals surface area contributed by atoms with Gasteiger partial charge in [-0.25, -0.2) is 14.8 Å². The van der Waals surface area contributed by atoms with Gasteiger partial charge in [0.1, 0.15) is 20.5 Å². The van der Waals surface area contributed by atoms with Gasteiger partial charge in [-0.3, -0.25) is 4.90 Å². The number of hydrogen-bond acceptors (Lipinski definition) is 6. The lowest BCUT2D eigenvalue weighted by atomic mass is 10.1. The molecule has 0 radical (unpaired) electrons. The van der Waals surface area contributed by atoms with Crippen LogP contribution < -0.4 is 10.2 Å². The number of aromatic nitrogens is 2. The summed E-state index contributed by atoms with van der Waals surface area (Å²) in [5, 5.41) is 11.6. The molecule has 8 heteroatoms. The predicted molar refractivity (Wildman–Crippen MR) is 107 cm³/mol. The highest BCUT2D eigenvalue weighted by molar-refractivity contribution is 7.82. The second kappa shape index (κ2) is 7.72. The molecular weight excluding hydrogens is 366 g/mol. The number of benzene rings is 1. The summed E-state index contributed by atoms with van der Waals surface area (Å²) in [5.74, 6) is 0.558. The predicted octanol–water partition coefficient (Wildman–Crippen LogP) is 4.49. The normalized spacial score (nSPS) is 10.7. The Bertz CT molecular complexity index is 975. The van der Waals surface area contributed by atoms with Gasteiger partial charge in [-0.15, -0.1) is 12.6 Å². The van der Waals surface area contributed by atoms with Gasteiger partial charge >= 0.3 is 6.03 Å². The summed E-state index contributed by atoms with van der Waals surface area (Å²) in [7, 11) is 0. The van der Waals surface area contributed by atoms with E-state index in [1.807, 2.05) is 32.0 Å². The number of carbonyl (C=O) groups excluding carboxylic acids is 1. The van der Waals surface area contributed by atoms with Crippen LogP contribution in [0, 0.1) is 11.3 Å². The van der Waals surface area contributed by atoms with Gasteiger partial charge in [0.25, 0.3) is 0 Å². The average molecular weight is 384 g/mol. The van der Waals surface area contributed by atoms with Gasteiger partial charge < -0.3 is 5.32 Å². The lowest BCUT2D eigenvalue weighted by Crippen LogP contribution is -2.40. The molecule has 2 aromatic heterocycles. The highest BCUT2D eigenvalue weighted by Gasteiger charge is 2.21. The Hall–Kier alpha value is -2.63. The third-order valence-corrected chi connectivity index (χ3v) is 4.84. The van der Waals surface area contributed by atoms with E-state index in [9.17, 15) is 4.79 Å². The fourth-order valence-electron chi connectivity index (χ4n) is 2.51. The van der Waals surface area contributed by atoms with Gasteiger partial charge in [-0.1, -0.05) is 23.5 Å². The molecule has 0 aliphatic carbocycles. The van der Waals surface area contributed by atoms with Gasteiger partial charge in [0, 0.05) is 11.7 Å². The Labute approximate surface area is 160 Å². The molecule has 0 bridgehead atoms. The average Bonchev–Trinajstić information content (AvgIpc) is 2.96. The van der Waals surface area contributed by atoms with E-state index < -0.39 is 0 Å². The zero-order chi connectivity index (χ0) is 18.7. The third-order valence-electron chi connectivity index (χ3n) is 3.70. The number of thiol groups is 1. The van der Waals surface area contributed by atoms with Crippen molar-refractivity contribution < 1.29 is 4.79 Å². The molecule has 6 nitrogen and oxygen atoms in total. The van der Waals surface area contributed by atoms with Crippen LogP contribution in [0.3, 0.4) is 0 Å². The Balaban J connectivity index is 1.84. The van der Waals surface area contributed by atoms with E-state index in [-0.39, 0.29) is 12.1 Å². The van der Waals surface area contributed by atoms with E-state index in [1.165, 1.54) is 11.3 Å². The van der Waals surface area contributed by atoms with Crippen LogP contribution in [0.2, 0.25) is 0 Å². The molecule has 3 aromatic rings. The van der Waals surface area contributed by atoms with Crippen LogP contribution in [0.4, 0.5) is 16.3 Å². The Morgan fingerprint density at radius 3 is 2.65 bits per heavy atom. The number of urea groups is 1. The van der Waals surface area contributed by atoms with Crippen molar-refractivity contribution in [2.24, 2.45) is 0 Å². The molecule has 2 amide bonds. The lowest BCUT2D eigenvalue weighted by Gasteiger charge is -2.26. The zero-order valence-corrected chi connectivity index (χ0v) is 16.0. The number of amides is 2. The van der Waals surface area contributed by atoms with Gasteiger partial charge in [-0.2, -0.15) is 5.26 Å². The van der Waals surface area contributed by atoms with Crippen LogP contribution in [-0.4, -0.2) is 22.0 Å². The first-order chi connectivity index (χ1) is 12.5. The van der Waals surface area contributed by atoms with Crippen LogP contribution in [0.15, 0.2) is 40.7 Å². The number of nitrogens with zero attached hydrogens (tertiary/aromatic N) is 4. The maximum absolute atomic E-state index is 12.8. The molecule has 1 aromatic carbocycles. The van der Waals surface area contributed by atoms with Crippen LogP contribution in [0.1, 0.15) is 19.4 Å². The molecule has 0 fully saturated rings. The van der Waals surface area contributed by atoms with Gasteiger partial charge in [0.2, 0.25) is 0 Å². The molecular formula is C18H17N5OS2. The minimum Gasteiger partial charge on any atom is -0.307 e. The first-order valence-corrected chi connectivity index (χ1v) is 9.27. The number of thiazole rings is 1. The monoisotopic (exact) mass is 383 g/mol. The smallest absolute Gasteiger partial charge is 0.307 e. The summed E-state index contributed by atoms with van der Waals surface area (Å²) in [4.78, 5) is 24.0. The summed E-state index contributed by atoms with van der Waals surface area (Å²) < 4.78 is 0.641. The van der Waals surface area contributed by atoms with E-state index in [0.29, 0.717) is 22.3 Å². The van der Waals surface area contributed by atoms with Crippen LogP contribution in [-0.2, 0) is 6.42 Å². The number of nitriles is 1. The van der Waals surface area contributed by atoms with Gasteiger partial charge in [-0.05, 0) is 43.7 Å². The molecule has 2 heterocycles. The summed E-state index contributed by atoms with van der Waals surface area (Å²) in [6.07, 6.45) is 0.345. The van der Waals surface area contributed by atoms with Crippen LogP contribution in [0.5, 0.6) is 0 Å². The Kier molecular flexibility index (Phi) is 5.40. The van der Waals surface area contributed by atoms with Crippen molar-refractivity contribution in [1.82, 2.24) is 9.97 Å². The molecule has 0 atom stereocenters. The highest BCUT2D eigenvalue weighted by atomic mass is 32.2. The highest BCUT2D eigenvalue weighted by Crippen LogP contribution is 2.26. The Morgan fingerprint density at radius 2 is 2.00 bits per heavy atom. The third kappa shape index (κ3) is 3.95. The maximum atomic E-state index is 12.8. The second-order valence-corrected chi connectivity index (χ2v) is 7.62. The molecule has 0 saturated carbocycles. The summed E-state index contributed by atoms with van der Waals surface area (Å²) in [5.41, 5.74) is 2.34. The van der Waals surface area contributed by atoms with Crippen molar-refractivity contribution in [3.8, 4) is 6.07 Å². The molecule has 0 aliphatic rings. The number of hydrogen-bond donors (Lipinski definition) is 2. The van der Waals surface area contributed by atoms with Crippen molar-refractivity contribution in [2.45, 2.75) is 30.6 Å². The SMILES string of the molecule is CC(C)N(C(=O)Nc1ccc(CC#N)cc1)c1ccc2nc(S)sc2n1. The van der Waals surface area contributed by atoms with Gasteiger partial charge in [0.05, 0.1) is 12.5 Å². The zero-order valence-electron chi connectivity index (χ0n) is 14.3. The summed E-state index contributed by atoms with van der Waals surface area (Å²) >= 11 is 5.63. The molecule has 0 spiro atoms. The second-order valence-electron chi connectivity index (χ2n) is 5.92. The molecule has 0 saturated heterocycles. The fraction of sp³-hybridized carbons (Fsp3) is 0.222.